The van der Waals surface area contributed by atoms with Crippen LogP contribution >= 0.6 is 0 Å². The van der Waals surface area contributed by atoms with Crippen LogP contribution in [0.3, 0.4) is 0 Å². The molecule has 0 saturated heterocycles. The summed E-state index contributed by atoms with van der Waals surface area (Å²) in [7, 11) is 0. The van der Waals surface area contributed by atoms with Gasteiger partial charge >= 0.3 is 0 Å². The molecule has 0 radical (unpaired) electrons. The van der Waals surface area contributed by atoms with Crippen LogP contribution in [-0.4, -0.2) is 29.1 Å². The zero-order chi connectivity index (χ0) is 15.4. The maximum absolute atomic E-state index is 9.04. The molecule has 0 unspecified atom stereocenters. The molecule has 0 atom stereocenters. The maximum Gasteiger partial charge on any atom is 0.173 e. The second-order valence-electron chi connectivity index (χ2n) is 5.47. The van der Waals surface area contributed by atoms with Gasteiger partial charge in [0, 0.05) is 18.5 Å². The van der Waals surface area contributed by atoms with Crippen molar-refractivity contribution < 1.29 is 5.21 Å². The SMILES string of the molecule is CCN(CC(C)C)c1nc2ccccc2cc1C(N)=NO. The van der Waals surface area contributed by atoms with Crippen molar-refractivity contribution in [3.8, 4) is 0 Å². The van der Waals surface area contributed by atoms with Crippen molar-refractivity contribution in [3.05, 3.63) is 35.9 Å². The van der Waals surface area contributed by atoms with Crippen LogP contribution in [0.2, 0.25) is 0 Å². The minimum Gasteiger partial charge on any atom is -0.409 e. The molecule has 1 aromatic heterocycles. The molecule has 1 aromatic carbocycles. The van der Waals surface area contributed by atoms with E-state index in [2.05, 4.69) is 30.8 Å². The highest BCUT2D eigenvalue weighted by Gasteiger charge is 2.17. The number of nitrogens with zero attached hydrogens (tertiary/aromatic N) is 3. The molecule has 0 saturated carbocycles. The van der Waals surface area contributed by atoms with E-state index in [-0.39, 0.29) is 5.84 Å². The molecule has 5 heteroatoms. The molecule has 2 rings (SSSR count). The Bertz CT molecular complexity index is 652. The topological polar surface area (TPSA) is 74.7 Å². The molecule has 112 valence electrons. The quantitative estimate of drug-likeness (QED) is 0.383. The maximum atomic E-state index is 9.04. The van der Waals surface area contributed by atoms with Gasteiger partial charge in [-0.05, 0) is 25.0 Å². The van der Waals surface area contributed by atoms with Crippen molar-refractivity contribution in [2.75, 3.05) is 18.0 Å². The fraction of sp³-hybridized carbons (Fsp3) is 0.375. The zero-order valence-electron chi connectivity index (χ0n) is 12.7. The van der Waals surface area contributed by atoms with Crippen LogP contribution in [0.5, 0.6) is 0 Å². The highest BCUT2D eigenvalue weighted by atomic mass is 16.4. The van der Waals surface area contributed by atoms with Crippen LogP contribution in [0.15, 0.2) is 35.5 Å². The van der Waals surface area contributed by atoms with Crippen molar-refractivity contribution in [1.29, 1.82) is 0 Å². The van der Waals surface area contributed by atoms with E-state index in [9.17, 15) is 0 Å². The first-order valence-corrected chi connectivity index (χ1v) is 7.19. The molecule has 0 fully saturated rings. The molecule has 0 bridgehead atoms. The molecule has 2 aromatic rings. The van der Waals surface area contributed by atoms with Gasteiger partial charge in [-0.3, -0.25) is 0 Å². The Morgan fingerprint density at radius 1 is 1.38 bits per heavy atom. The molecule has 5 nitrogen and oxygen atoms in total. The van der Waals surface area contributed by atoms with Gasteiger partial charge in [-0.25, -0.2) is 4.98 Å². The van der Waals surface area contributed by atoms with E-state index in [1.807, 2.05) is 30.3 Å². The summed E-state index contributed by atoms with van der Waals surface area (Å²) in [6.45, 7) is 8.08. The van der Waals surface area contributed by atoms with E-state index in [0.717, 1.165) is 29.8 Å². The van der Waals surface area contributed by atoms with E-state index in [4.69, 9.17) is 15.9 Å². The lowest BCUT2D eigenvalue weighted by atomic mass is 10.1. The van der Waals surface area contributed by atoms with Gasteiger partial charge in [-0.15, -0.1) is 0 Å². The van der Waals surface area contributed by atoms with Crippen LogP contribution in [-0.2, 0) is 0 Å². The van der Waals surface area contributed by atoms with Gasteiger partial charge in [-0.2, -0.15) is 0 Å². The summed E-state index contributed by atoms with van der Waals surface area (Å²) in [4.78, 5) is 6.88. The fourth-order valence-corrected chi connectivity index (χ4v) is 2.40. The smallest absolute Gasteiger partial charge is 0.173 e. The number of nitrogens with two attached hydrogens (primary N) is 1. The van der Waals surface area contributed by atoms with Gasteiger partial charge in [-0.1, -0.05) is 37.2 Å². The Morgan fingerprint density at radius 2 is 2.10 bits per heavy atom. The summed E-state index contributed by atoms with van der Waals surface area (Å²) in [5.41, 5.74) is 7.41. The monoisotopic (exact) mass is 286 g/mol. The number of pyridine rings is 1. The summed E-state index contributed by atoms with van der Waals surface area (Å²) in [6.07, 6.45) is 0. The number of oxime groups is 1. The predicted octanol–water partition coefficient (Wildman–Crippen LogP) is 2.81. The summed E-state index contributed by atoms with van der Waals surface area (Å²) < 4.78 is 0. The third kappa shape index (κ3) is 3.24. The van der Waals surface area contributed by atoms with Crippen molar-refractivity contribution >= 4 is 22.6 Å². The second kappa shape index (κ2) is 6.43. The molecular weight excluding hydrogens is 264 g/mol. The van der Waals surface area contributed by atoms with Gasteiger partial charge in [0.15, 0.2) is 5.84 Å². The first-order chi connectivity index (χ1) is 10.1. The number of benzene rings is 1. The molecule has 1 heterocycles. The molecule has 0 spiro atoms. The Hall–Kier alpha value is -2.30. The number of hydrogen-bond donors (Lipinski definition) is 2. The standard InChI is InChI=1S/C16H22N4O/c1-4-20(10-11(2)3)16-13(15(17)19-21)9-12-7-5-6-8-14(12)18-16/h5-9,11,21H,4,10H2,1-3H3,(H2,17,19). The Balaban J connectivity index is 2.62. The molecule has 21 heavy (non-hydrogen) atoms. The van der Waals surface area contributed by atoms with Gasteiger partial charge in [0.1, 0.15) is 5.82 Å². The average molecular weight is 286 g/mol. The number of rotatable bonds is 5. The van der Waals surface area contributed by atoms with E-state index in [0.29, 0.717) is 11.5 Å². The number of aromatic nitrogens is 1. The lowest BCUT2D eigenvalue weighted by molar-refractivity contribution is 0.318. The van der Waals surface area contributed by atoms with Crippen LogP contribution < -0.4 is 10.6 Å². The van der Waals surface area contributed by atoms with E-state index < -0.39 is 0 Å². The van der Waals surface area contributed by atoms with Crippen molar-refractivity contribution in [2.24, 2.45) is 16.8 Å². The van der Waals surface area contributed by atoms with Gasteiger partial charge in [0.2, 0.25) is 0 Å². The normalized spacial score (nSPS) is 12.1. The predicted molar refractivity (Wildman–Crippen MR) is 87.0 cm³/mol. The molecule has 0 aliphatic carbocycles. The third-order valence-electron chi connectivity index (χ3n) is 3.35. The van der Waals surface area contributed by atoms with E-state index >= 15 is 0 Å². The Labute approximate surface area is 125 Å². The van der Waals surface area contributed by atoms with Crippen LogP contribution in [0.25, 0.3) is 10.9 Å². The summed E-state index contributed by atoms with van der Waals surface area (Å²) in [5.74, 6) is 1.35. The fourth-order valence-electron chi connectivity index (χ4n) is 2.40. The summed E-state index contributed by atoms with van der Waals surface area (Å²) in [5, 5.41) is 13.2. The van der Waals surface area contributed by atoms with E-state index in [1.54, 1.807) is 0 Å². The molecular formula is C16H22N4O. The second-order valence-corrected chi connectivity index (χ2v) is 5.47. The van der Waals surface area contributed by atoms with Gasteiger partial charge in [0.05, 0.1) is 11.1 Å². The molecule has 3 N–H and O–H groups in total. The zero-order valence-corrected chi connectivity index (χ0v) is 12.7. The molecule has 0 aliphatic rings. The largest absolute Gasteiger partial charge is 0.409 e. The number of hydrogen-bond acceptors (Lipinski definition) is 4. The lowest BCUT2D eigenvalue weighted by Gasteiger charge is -2.26. The first-order valence-electron chi connectivity index (χ1n) is 7.19. The van der Waals surface area contributed by atoms with Gasteiger partial charge < -0.3 is 15.8 Å². The average Bonchev–Trinajstić information content (AvgIpc) is 2.50. The molecule has 0 aliphatic heterocycles. The third-order valence-corrected chi connectivity index (χ3v) is 3.35. The minimum absolute atomic E-state index is 0.0884. The van der Waals surface area contributed by atoms with Crippen LogP contribution in [0.4, 0.5) is 5.82 Å². The number of anilines is 1. The highest BCUT2D eigenvalue weighted by molar-refractivity contribution is 6.04. The summed E-state index contributed by atoms with van der Waals surface area (Å²) in [6, 6.07) is 9.78. The van der Waals surface area contributed by atoms with Gasteiger partial charge in [0.25, 0.3) is 0 Å². The minimum atomic E-state index is 0.0884. The highest BCUT2D eigenvalue weighted by Crippen LogP contribution is 2.24. The Morgan fingerprint density at radius 3 is 2.71 bits per heavy atom. The van der Waals surface area contributed by atoms with E-state index in [1.165, 1.54) is 0 Å². The number of fused-ring (bicyclic) bond motifs is 1. The summed E-state index contributed by atoms with van der Waals surface area (Å²) >= 11 is 0. The van der Waals surface area contributed by atoms with Crippen molar-refractivity contribution in [1.82, 2.24) is 4.98 Å². The lowest BCUT2D eigenvalue weighted by Crippen LogP contribution is -2.31. The first kappa shape index (κ1) is 15.1. The van der Waals surface area contributed by atoms with Crippen molar-refractivity contribution in [2.45, 2.75) is 20.8 Å². The number of para-hydroxylation sites is 1. The number of amidine groups is 1. The van der Waals surface area contributed by atoms with Crippen LogP contribution in [0.1, 0.15) is 26.3 Å². The molecule has 0 amide bonds. The van der Waals surface area contributed by atoms with Crippen LogP contribution in [0, 0.1) is 5.92 Å². The Kier molecular flexibility index (Phi) is 4.62. The van der Waals surface area contributed by atoms with Crippen molar-refractivity contribution in [3.63, 3.8) is 0 Å².